The van der Waals surface area contributed by atoms with Gasteiger partial charge in [-0.1, -0.05) is 71.9 Å². The van der Waals surface area contributed by atoms with Crippen LogP contribution in [0, 0.1) is 6.92 Å². The van der Waals surface area contributed by atoms with Crippen LogP contribution in [0.5, 0.6) is 5.75 Å². The van der Waals surface area contributed by atoms with Crippen molar-refractivity contribution in [2.45, 2.75) is 20.5 Å². The summed E-state index contributed by atoms with van der Waals surface area (Å²) in [4.78, 5) is 30.1. The summed E-state index contributed by atoms with van der Waals surface area (Å²) in [5, 5.41) is 11.7. The lowest BCUT2D eigenvalue weighted by Crippen LogP contribution is -2.14. The van der Waals surface area contributed by atoms with E-state index >= 15 is 0 Å². The molecule has 3 aromatic rings. The van der Waals surface area contributed by atoms with E-state index in [1.165, 1.54) is 0 Å². The third-order valence-electron chi connectivity index (χ3n) is 5.46. The Labute approximate surface area is 224 Å². The summed E-state index contributed by atoms with van der Waals surface area (Å²) >= 11 is 6.98. The van der Waals surface area contributed by atoms with Crippen LogP contribution in [0.3, 0.4) is 0 Å². The first-order valence-corrected chi connectivity index (χ1v) is 12.7. The SMILES string of the molecule is CCOC(=O)C1=C(O)C(=Cc2ccccc2OCc2ccc(Cl)cc2)SC1=NC(=O)c1ccccc1C. The number of nitrogens with zero attached hydrogens (tertiary/aromatic N) is 1. The Hall–Kier alpha value is -3.81. The van der Waals surface area contributed by atoms with Gasteiger partial charge in [0, 0.05) is 16.1 Å². The van der Waals surface area contributed by atoms with Gasteiger partial charge in [0.2, 0.25) is 0 Å². The maximum absolute atomic E-state index is 12.9. The van der Waals surface area contributed by atoms with E-state index in [1.807, 2.05) is 42.5 Å². The maximum Gasteiger partial charge on any atom is 0.344 e. The van der Waals surface area contributed by atoms with Gasteiger partial charge in [0.05, 0.1) is 11.5 Å². The second-order valence-electron chi connectivity index (χ2n) is 8.04. The second-order valence-corrected chi connectivity index (χ2v) is 9.51. The summed E-state index contributed by atoms with van der Waals surface area (Å²) in [5.74, 6) is -0.979. The van der Waals surface area contributed by atoms with E-state index in [9.17, 15) is 14.7 Å². The van der Waals surface area contributed by atoms with Crippen LogP contribution >= 0.6 is 23.4 Å². The van der Waals surface area contributed by atoms with Crippen molar-refractivity contribution in [3.05, 3.63) is 116 Å². The topological polar surface area (TPSA) is 85.2 Å². The molecule has 8 heteroatoms. The quantitative estimate of drug-likeness (QED) is 0.331. The summed E-state index contributed by atoms with van der Waals surface area (Å²) in [6.45, 7) is 3.90. The molecule has 0 spiro atoms. The standard InChI is InChI=1S/C29H24ClNO5S/c1-3-35-29(34)25-26(32)24(37-28(25)31-27(33)22-10-6-4-8-18(22)2)16-20-9-5-7-11-23(20)36-17-19-12-14-21(30)15-13-19/h4-16,32H,3,17H2,1-2H3. The predicted molar refractivity (Wildman–Crippen MR) is 147 cm³/mol. The molecule has 1 aliphatic rings. The number of esters is 1. The van der Waals surface area contributed by atoms with E-state index in [4.69, 9.17) is 21.1 Å². The van der Waals surface area contributed by atoms with E-state index < -0.39 is 11.9 Å². The molecule has 3 aromatic carbocycles. The van der Waals surface area contributed by atoms with Crippen LogP contribution in [0.1, 0.15) is 34.0 Å². The van der Waals surface area contributed by atoms with Gasteiger partial charge in [0.25, 0.3) is 5.91 Å². The highest BCUT2D eigenvalue weighted by Gasteiger charge is 2.34. The Balaban J connectivity index is 1.66. The van der Waals surface area contributed by atoms with Crippen LogP contribution in [-0.2, 0) is 16.1 Å². The van der Waals surface area contributed by atoms with E-state index in [0.717, 1.165) is 22.9 Å². The fraction of sp³-hybridized carbons (Fsp3) is 0.138. The van der Waals surface area contributed by atoms with Crippen molar-refractivity contribution in [1.82, 2.24) is 0 Å². The molecule has 0 unspecified atom stereocenters. The van der Waals surface area contributed by atoms with Gasteiger partial charge in [0.1, 0.15) is 28.7 Å². The van der Waals surface area contributed by atoms with Crippen LogP contribution in [0.2, 0.25) is 5.02 Å². The van der Waals surface area contributed by atoms with Crippen molar-refractivity contribution in [1.29, 1.82) is 0 Å². The monoisotopic (exact) mass is 533 g/mol. The number of aliphatic hydroxyl groups excluding tert-OH is 1. The third-order valence-corrected chi connectivity index (χ3v) is 6.73. The molecule has 1 aliphatic heterocycles. The minimum Gasteiger partial charge on any atom is -0.506 e. The van der Waals surface area contributed by atoms with Gasteiger partial charge in [-0.2, -0.15) is 0 Å². The normalized spacial score (nSPS) is 15.3. The van der Waals surface area contributed by atoms with E-state index in [0.29, 0.717) is 33.4 Å². The summed E-state index contributed by atoms with van der Waals surface area (Å²) in [6, 6.07) is 21.7. The number of hydrogen-bond donors (Lipinski definition) is 1. The highest BCUT2D eigenvalue weighted by Crippen LogP contribution is 2.40. The zero-order chi connectivity index (χ0) is 26.4. The minimum absolute atomic E-state index is 0.0787. The van der Waals surface area contributed by atoms with Crippen molar-refractivity contribution < 1.29 is 24.2 Å². The summed E-state index contributed by atoms with van der Waals surface area (Å²) in [7, 11) is 0. The lowest BCUT2D eigenvalue weighted by atomic mass is 10.1. The second kappa shape index (κ2) is 12.0. The van der Waals surface area contributed by atoms with Gasteiger partial charge in [-0.15, -0.1) is 0 Å². The van der Waals surface area contributed by atoms with Gasteiger partial charge < -0.3 is 14.6 Å². The van der Waals surface area contributed by atoms with E-state index in [2.05, 4.69) is 4.99 Å². The summed E-state index contributed by atoms with van der Waals surface area (Å²) < 4.78 is 11.1. The number of ether oxygens (including phenoxy) is 2. The molecule has 1 amide bonds. The molecule has 1 heterocycles. The number of carbonyl (C=O) groups excluding carboxylic acids is 2. The molecule has 188 valence electrons. The minimum atomic E-state index is -0.750. The highest BCUT2D eigenvalue weighted by atomic mass is 35.5. The Kier molecular flexibility index (Phi) is 8.48. The van der Waals surface area contributed by atoms with Gasteiger partial charge >= 0.3 is 5.97 Å². The lowest BCUT2D eigenvalue weighted by Gasteiger charge is -2.10. The van der Waals surface area contributed by atoms with Crippen molar-refractivity contribution in [3.8, 4) is 5.75 Å². The molecule has 1 N–H and O–H groups in total. The van der Waals surface area contributed by atoms with E-state index in [-0.39, 0.29) is 23.0 Å². The Morgan fingerprint density at radius 2 is 1.73 bits per heavy atom. The summed E-state index contributed by atoms with van der Waals surface area (Å²) in [6.07, 6.45) is 1.69. The van der Waals surface area contributed by atoms with Gasteiger partial charge in [0.15, 0.2) is 0 Å². The molecule has 0 saturated heterocycles. The fourth-order valence-electron chi connectivity index (χ4n) is 3.57. The average Bonchev–Trinajstić information content (AvgIpc) is 3.19. The Morgan fingerprint density at radius 3 is 2.46 bits per heavy atom. The first kappa shape index (κ1) is 26.3. The van der Waals surface area contributed by atoms with Crippen molar-refractivity contribution >= 4 is 46.4 Å². The molecule has 6 nitrogen and oxygen atoms in total. The van der Waals surface area contributed by atoms with Crippen molar-refractivity contribution in [2.75, 3.05) is 6.61 Å². The molecular formula is C29H24ClNO5S. The number of hydrogen-bond acceptors (Lipinski definition) is 6. The molecule has 0 saturated carbocycles. The molecule has 4 rings (SSSR count). The first-order chi connectivity index (χ1) is 17.9. The number of benzene rings is 3. The van der Waals surface area contributed by atoms with Crippen LogP contribution in [0.25, 0.3) is 6.08 Å². The largest absolute Gasteiger partial charge is 0.506 e. The number of aryl methyl sites for hydroxylation is 1. The van der Waals surface area contributed by atoms with Crippen molar-refractivity contribution in [3.63, 3.8) is 0 Å². The summed E-state index contributed by atoms with van der Waals surface area (Å²) in [5.41, 5.74) is 2.66. The number of aliphatic hydroxyl groups is 1. The lowest BCUT2D eigenvalue weighted by molar-refractivity contribution is -0.138. The molecule has 37 heavy (non-hydrogen) atoms. The van der Waals surface area contributed by atoms with E-state index in [1.54, 1.807) is 50.3 Å². The number of thioether (sulfide) groups is 1. The predicted octanol–water partition coefficient (Wildman–Crippen LogP) is 6.93. The molecule has 0 aliphatic carbocycles. The van der Waals surface area contributed by atoms with Gasteiger partial charge in [-0.05, 0) is 55.3 Å². The van der Waals surface area contributed by atoms with Crippen LogP contribution in [0.15, 0.2) is 94.0 Å². The maximum atomic E-state index is 12.9. The molecule has 0 aromatic heterocycles. The van der Waals surface area contributed by atoms with Crippen LogP contribution in [-0.4, -0.2) is 28.6 Å². The highest BCUT2D eigenvalue weighted by molar-refractivity contribution is 8.18. The smallest absolute Gasteiger partial charge is 0.344 e. The number of para-hydroxylation sites is 1. The Bertz CT molecular complexity index is 1430. The first-order valence-electron chi connectivity index (χ1n) is 11.5. The molecule has 0 fully saturated rings. The number of carbonyl (C=O) groups is 2. The van der Waals surface area contributed by atoms with Crippen molar-refractivity contribution in [2.24, 2.45) is 4.99 Å². The molecule has 0 atom stereocenters. The average molecular weight is 534 g/mol. The Morgan fingerprint density at radius 1 is 1.03 bits per heavy atom. The molecule has 0 radical (unpaired) electrons. The van der Waals surface area contributed by atoms with Crippen LogP contribution < -0.4 is 4.74 Å². The fourth-order valence-corrected chi connectivity index (χ4v) is 4.70. The van der Waals surface area contributed by atoms with Gasteiger partial charge in [-0.3, -0.25) is 4.79 Å². The number of aliphatic imine (C=N–C) groups is 1. The number of rotatable bonds is 7. The number of amides is 1. The third kappa shape index (κ3) is 6.31. The zero-order valence-electron chi connectivity index (χ0n) is 20.2. The number of halogens is 1. The van der Waals surface area contributed by atoms with Crippen LogP contribution in [0.4, 0.5) is 0 Å². The van der Waals surface area contributed by atoms with Gasteiger partial charge in [-0.25, -0.2) is 9.79 Å². The zero-order valence-corrected chi connectivity index (χ0v) is 21.8. The molecular weight excluding hydrogens is 510 g/mol. The molecule has 0 bridgehead atoms.